The van der Waals surface area contributed by atoms with Gasteiger partial charge in [-0.2, -0.15) is 5.10 Å². The predicted octanol–water partition coefficient (Wildman–Crippen LogP) is 2.49. The Bertz CT molecular complexity index is 1460. The zero-order valence-corrected chi connectivity index (χ0v) is 24.2. The number of ether oxygens (including phenoxy) is 2. The average molecular weight is 583 g/mol. The van der Waals surface area contributed by atoms with Gasteiger partial charge in [0.1, 0.15) is 17.0 Å². The van der Waals surface area contributed by atoms with Gasteiger partial charge < -0.3 is 30.4 Å². The summed E-state index contributed by atoms with van der Waals surface area (Å²) in [6, 6.07) is 4.86. The van der Waals surface area contributed by atoms with Crippen LogP contribution in [0.1, 0.15) is 72.0 Å². The predicted molar refractivity (Wildman–Crippen MR) is 154 cm³/mol. The van der Waals surface area contributed by atoms with Gasteiger partial charge in [-0.05, 0) is 51.3 Å². The third-order valence-electron chi connectivity index (χ3n) is 7.10. The zero-order chi connectivity index (χ0) is 30.2. The monoisotopic (exact) mass is 582 g/mol. The second-order valence-electron chi connectivity index (χ2n) is 10.2. The van der Waals surface area contributed by atoms with Crippen LogP contribution >= 0.6 is 0 Å². The Labute approximate surface area is 243 Å². The van der Waals surface area contributed by atoms with E-state index in [0.717, 1.165) is 25.7 Å². The molecule has 4 amide bonds. The van der Waals surface area contributed by atoms with Gasteiger partial charge in [0, 0.05) is 31.2 Å². The highest BCUT2D eigenvalue weighted by atomic mass is 16.6. The first-order chi connectivity index (χ1) is 20.2. The van der Waals surface area contributed by atoms with E-state index in [2.05, 4.69) is 26.0 Å². The van der Waals surface area contributed by atoms with Crippen molar-refractivity contribution < 1.29 is 28.7 Å². The number of anilines is 1. The van der Waals surface area contributed by atoms with E-state index in [9.17, 15) is 19.2 Å². The van der Waals surface area contributed by atoms with Crippen LogP contribution in [0.15, 0.2) is 18.2 Å². The maximum atomic E-state index is 13.2. The molecule has 4 rings (SSSR count). The van der Waals surface area contributed by atoms with Crippen LogP contribution in [-0.2, 0) is 22.6 Å². The minimum absolute atomic E-state index is 0.139. The van der Waals surface area contributed by atoms with Crippen LogP contribution in [0.2, 0.25) is 0 Å². The number of methoxy groups -OCH3 is 1. The molecule has 0 bridgehead atoms. The molecule has 226 valence electrons. The number of hydrogen-bond acceptors (Lipinski definition) is 8. The highest BCUT2D eigenvalue weighted by Crippen LogP contribution is 2.31. The van der Waals surface area contributed by atoms with Crippen molar-refractivity contribution in [2.45, 2.75) is 71.5 Å². The van der Waals surface area contributed by atoms with Crippen molar-refractivity contribution >= 4 is 40.8 Å². The molecule has 1 saturated carbocycles. The molecule has 1 fully saturated rings. The fourth-order valence-corrected chi connectivity index (χ4v) is 5.10. The maximum absolute atomic E-state index is 13.2. The van der Waals surface area contributed by atoms with Crippen molar-refractivity contribution in [2.75, 3.05) is 25.6 Å². The van der Waals surface area contributed by atoms with E-state index in [0.29, 0.717) is 47.7 Å². The molecule has 0 unspecified atom stereocenters. The Balaban J connectivity index is 1.43. The van der Waals surface area contributed by atoms with Crippen molar-refractivity contribution in [3.05, 3.63) is 35.2 Å². The van der Waals surface area contributed by atoms with Crippen molar-refractivity contribution in [1.29, 1.82) is 0 Å². The van der Waals surface area contributed by atoms with E-state index in [1.54, 1.807) is 22.2 Å². The van der Waals surface area contributed by atoms with Crippen LogP contribution < -0.4 is 26.4 Å². The third-order valence-corrected chi connectivity index (χ3v) is 7.10. The molecule has 1 aliphatic rings. The summed E-state index contributed by atoms with van der Waals surface area (Å²) in [5, 5.41) is 12.7. The van der Waals surface area contributed by atoms with Gasteiger partial charge in [-0.1, -0.05) is 19.3 Å². The minimum atomic E-state index is -0.704. The fraction of sp³-hybridized carbons (Fsp3) is 0.500. The summed E-state index contributed by atoms with van der Waals surface area (Å²) >= 11 is 0. The van der Waals surface area contributed by atoms with Crippen LogP contribution in [0, 0.1) is 6.92 Å². The van der Waals surface area contributed by atoms with E-state index in [-0.39, 0.29) is 36.6 Å². The van der Waals surface area contributed by atoms with Gasteiger partial charge in [0.25, 0.3) is 11.8 Å². The number of nitrogens with zero attached hydrogens (tertiary/aromatic N) is 4. The van der Waals surface area contributed by atoms with E-state index in [1.165, 1.54) is 25.7 Å². The van der Waals surface area contributed by atoms with Gasteiger partial charge in [0.15, 0.2) is 6.61 Å². The Kier molecular flexibility index (Phi) is 9.99. The van der Waals surface area contributed by atoms with E-state index >= 15 is 0 Å². The van der Waals surface area contributed by atoms with Gasteiger partial charge in [0.2, 0.25) is 11.9 Å². The van der Waals surface area contributed by atoms with E-state index in [1.807, 2.05) is 6.92 Å². The number of aromatic nitrogens is 4. The summed E-state index contributed by atoms with van der Waals surface area (Å²) in [5.74, 6) is -0.799. The highest BCUT2D eigenvalue weighted by molar-refractivity contribution is 6.04. The molecule has 14 heteroatoms. The number of hydrogen-bond donors (Lipinski definition) is 4. The molecular weight excluding hydrogens is 544 g/mol. The SMILES string of the molecule is CCn1nc(C)cc1C(=O)Nc1nc2cc(C(N)=O)cc(OC)c2n1CCCNC(=O)OCC(=O)NC1CCCCC1. The van der Waals surface area contributed by atoms with Crippen LogP contribution in [0.4, 0.5) is 10.7 Å². The number of nitrogens with two attached hydrogens (primary N) is 1. The lowest BCUT2D eigenvalue weighted by molar-refractivity contribution is -0.124. The molecular formula is C28H38N8O6. The zero-order valence-electron chi connectivity index (χ0n) is 24.2. The number of carbonyl (C=O) groups is 4. The normalized spacial score (nSPS) is 13.5. The summed E-state index contributed by atoms with van der Waals surface area (Å²) in [4.78, 5) is 53.9. The summed E-state index contributed by atoms with van der Waals surface area (Å²) in [5.41, 5.74) is 7.71. The van der Waals surface area contributed by atoms with Gasteiger partial charge >= 0.3 is 6.09 Å². The lowest BCUT2D eigenvalue weighted by Gasteiger charge is -2.22. The van der Waals surface area contributed by atoms with Crippen molar-refractivity contribution in [1.82, 2.24) is 30.0 Å². The molecule has 0 spiro atoms. The van der Waals surface area contributed by atoms with E-state index in [4.69, 9.17) is 15.2 Å². The Morgan fingerprint density at radius 2 is 1.88 bits per heavy atom. The smallest absolute Gasteiger partial charge is 0.407 e. The maximum Gasteiger partial charge on any atom is 0.407 e. The number of benzene rings is 1. The minimum Gasteiger partial charge on any atom is -0.494 e. The largest absolute Gasteiger partial charge is 0.494 e. The first-order valence-electron chi connectivity index (χ1n) is 14.1. The fourth-order valence-electron chi connectivity index (χ4n) is 5.10. The van der Waals surface area contributed by atoms with Crippen LogP contribution in [0.25, 0.3) is 11.0 Å². The molecule has 1 aliphatic carbocycles. The second-order valence-corrected chi connectivity index (χ2v) is 10.2. The van der Waals surface area contributed by atoms with Crippen molar-refractivity contribution in [3.8, 4) is 5.75 Å². The average Bonchev–Trinajstić information content (AvgIpc) is 3.53. The van der Waals surface area contributed by atoms with Gasteiger partial charge in [0.05, 0.1) is 18.3 Å². The Hall–Kier alpha value is -4.62. The Morgan fingerprint density at radius 3 is 2.57 bits per heavy atom. The summed E-state index contributed by atoms with van der Waals surface area (Å²) < 4.78 is 13.9. The highest BCUT2D eigenvalue weighted by Gasteiger charge is 2.22. The van der Waals surface area contributed by atoms with Crippen LogP contribution in [0.5, 0.6) is 5.75 Å². The first kappa shape index (κ1) is 30.3. The number of primary amides is 1. The van der Waals surface area contributed by atoms with Crippen molar-refractivity contribution in [3.63, 3.8) is 0 Å². The first-order valence-corrected chi connectivity index (χ1v) is 14.1. The molecule has 14 nitrogen and oxygen atoms in total. The summed E-state index contributed by atoms with van der Waals surface area (Å²) in [6.07, 6.45) is 4.96. The summed E-state index contributed by atoms with van der Waals surface area (Å²) in [7, 11) is 1.46. The quantitative estimate of drug-likeness (QED) is 0.235. The number of fused-ring (bicyclic) bond motifs is 1. The van der Waals surface area contributed by atoms with Crippen LogP contribution in [-0.4, -0.2) is 69.4 Å². The molecule has 0 saturated heterocycles. The number of carbonyl (C=O) groups excluding carboxylic acids is 4. The number of imidazole rings is 1. The second kappa shape index (κ2) is 13.8. The number of rotatable bonds is 12. The van der Waals surface area contributed by atoms with E-state index < -0.39 is 17.9 Å². The lowest BCUT2D eigenvalue weighted by Crippen LogP contribution is -2.39. The molecule has 3 aromatic rings. The molecule has 0 atom stereocenters. The van der Waals surface area contributed by atoms with Gasteiger partial charge in [-0.3, -0.25) is 24.4 Å². The van der Waals surface area contributed by atoms with Crippen molar-refractivity contribution in [2.24, 2.45) is 5.73 Å². The molecule has 0 aliphatic heterocycles. The number of aryl methyl sites for hydroxylation is 3. The Morgan fingerprint density at radius 1 is 1.12 bits per heavy atom. The third kappa shape index (κ3) is 7.36. The standard InChI is InChI=1S/C28H38N8O6/c1-4-36-21(13-17(2)34-36)26(39)33-27-32-20-14-18(25(29)38)15-22(41-3)24(20)35(27)12-8-11-30-28(40)42-16-23(37)31-19-9-6-5-7-10-19/h13-15,19H,4-12,16H2,1-3H3,(H2,29,38)(H,30,40)(H,31,37)(H,32,33,39). The lowest BCUT2D eigenvalue weighted by atomic mass is 9.95. The molecule has 5 N–H and O–H groups in total. The molecule has 42 heavy (non-hydrogen) atoms. The molecule has 1 aromatic carbocycles. The number of nitrogens with one attached hydrogen (secondary N) is 3. The number of amides is 4. The molecule has 2 heterocycles. The summed E-state index contributed by atoms with van der Waals surface area (Å²) in [6.45, 7) is 4.38. The van der Waals surface area contributed by atoms with Gasteiger partial charge in [-0.25, -0.2) is 9.78 Å². The number of alkyl carbamates (subject to hydrolysis) is 1. The molecule has 0 radical (unpaired) electrons. The molecule has 2 aromatic heterocycles. The topological polar surface area (TPSA) is 184 Å². The van der Waals surface area contributed by atoms with Gasteiger partial charge in [-0.15, -0.1) is 0 Å². The van der Waals surface area contributed by atoms with Crippen LogP contribution in [0.3, 0.4) is 0 Å².